The summed E-state index contributed by atoms with van der Waals surface area (Å²) >= 11 is 0. The number of benzene rings is 1. The number of carbonyl (C=O) groups excluding carboxylic acids is 2. The van der Waals surface area contributed by atoms with Crippen molar-refractivity contribution in [3.8, 4) is 11.5 Å². The molecular weight excluding hydrogens is 539 g/mol. The molecule has 4 radical (unpaired) electrons. The monoisotopic (exact) mass is 583 g/mol. The van der Waals surface area contributed by atoms with E-state index in [9.17, 15) is 14.2 Å². The van der Waals surface area contributed by atoms with E-state index in [-0.39, 0.29) is 24.2 Å². The fourth-order valence-electron chi connectivity index (χ4n) is 5.78. The average Bonchev–Trinajstić information content (AvgIpc) is 2.82. The molecule has 8 nitrogen and oxygen atoms in total. The normalized spacial score (nSPS) is 21.8. The first-order chi connectivity index (χ1) is 19.0. The molecule has 4 unspecified atom stereocenters. The van der Waals surface area contributed by atoms with Crippen LogP contribution in [0.4, 0.5) is 4.79 Å². The maximum Gasteiger partial charge on any atom is 0.424 e. The number of hydrogen-bond acceptors (Lipinski definition) is 7. The fraction of sp³-hybridized carbons (Fsp3) is 0.667. The van der Waals surface area contributed by atoms with Crippen LogP contribution in [0.3, 0.4) is 0 Å². The van der Waals surface area contributed by atoms with Crippen molar-refractivity contribution in [2.24, 2.45) is 5.92 Å². The van der Waals surface area contributed by atoms with Crippen LogP contribution >= 0.6 is 7.52 Å². The Kier molecular flexibility index (Phi) is 10.6. The van der Waals surface area contributed by atoms with Gasteiger partial charge in [-0.1, -0.05) is 36.6 Å². The molecule has 1 aliphatic carbocycles. The van der Waals surface area contributed by atoms with E-state index in [1.807, 2.05) is 13.0 Å². The maximum atomic E-state index is 14.3. The molecule has 1 aromatic carbocycles. The zero-order valence-corrected chi connectivity index (χ0v) is 26.6. The number of nitrogens with one attached hydrogen (secondary N) is 1. The third kappa shape index (κ3) is 8.01. The molecule has 1 heterocycles. The summed E-state index contributed by atoms with van der Waals surface area (Å²) < 4.78 is 37.5. The topological polar surface area (TPSA) is 100 Å². The lowest BCUT2D eigenvalue weighted by molar-refractivity contribution is -0.149. The molecule has 41 heavy (non-hydrogen) atoms. The lowest BCUT2D eigenvalue weighted by Crippen LogP contribution is -2.45. The molecule has 1 aliphatic heterocycles. The summed E-state index contributed by atoms with van der Waals surface area (Å²) in [5.74, 6) is 0.0985. The molecule has 1 N–H and O–H groups in total. The molecule has 2 aliphatic rings. The third-order valence-corrected chi connectivity index (χ3v) is 9.35. The quantitative estimate of drug-likeness (QED) is 0.125. The van der Waals surface area contributed by atoms with Gasteiger partial charge in [0.25, 0.3) is 0 Å². The fourth-order valence-corrected chi connectivity index (χ4v) is 7.35. The second-order valence-electron chi connectivity index (χ2n) is 12.2. The van der Waals surface area contributed by atoms with Crippen LogP contribution in [0, 0.1) is 5.92 Å². The van der Waals surface area contributed by atoms with Gasteiger partial charge in [-0.05, 0) is 85.4 Å². The van der Waals surface area contributed by atoms with Gasteiger partial charge in [-0.2, -0.15) is 0 Å². The van der Waals surface area contributed by atoms with E-state index in [0.717, 1.165) is 19.3 Å². The summed E-state index contributed by atoms with van der Waals surface area (Å²) in [5, 5.41) is 1.61. The van der Waals surface area contributed by atoms with Crippen LogP contribution in [-0.4, -0.2) is 51.7 Å². The van der Waals surface area contributed by atoms with Crippen molar-refractivity contribution < 1.29 is 32.9 Å². The number of rotatable bonds is 12. The Morgan fingerprint density at radius 3 is 2.51 bits per heavy atom. The summed E-state index contributed by atoms with van der Waals surface area (Å²) in [4.78, 5) is 25.7. The van der Waals surface area contributed by atoms with Gasteiger partial charge in [-0.25, -0.2) is 14.4 Å². The number of ether oxygens (including phenoxy) is 3. The highest BCUT2D eigenvalue weighted by Gasteiger charge is 2.47. The number of fused-ring (bicyclic) bond motifs is 3. The van der Waals surface area contributed by atoms with Crippen molar-refractivity contribution in [2.45, 2.75) is 116 Å². The van der Waals surface area contributed by atoms with Gasteiger partial charge >= 0.3 is 19.2 Å². The number of allylic oxidation sites excluding steroid dienone is 2. The Bertz CT molecular complexity index is 1210. The van der Waals surface area contributed by atoms with Crippen molar-refractivity contribution in [1.82, 2.24) is 5.09 Å². The van der Waals surface area contributed by atoms with Gasteiger partial charge in [0.2, 0.25) is 0 Å². The van der Waals surface area contributed by atoms with Crippen molar-refractivity contribution in [2.75, 3.05) is 6.61 Å². The van der Waals surface area contributed by atoms with E-state index >= 15 is 0 Å². The average molecular weight is 583 g/mol. The number of esters is 1. The van der Waals surface area contributed by atoms with E-state index in [2.05, 4.69) is 31.9 Å². The first kappa shape index (κ1) is 33.3. The Morgan fingerprint density at radius 2 is 1.90 bits per heavy atom. The molecule has 0 spiro atoms. The number of hydrogen-bond donors (Lipinski definition) is 1. The van der Waals surface area contributed by atoms with Crippen molar-refractivity contribution in [3.63, 3.8) is 0 Å². The largest absolute Gasteiger partial charge is 0.487 e. The molecule has 222 valence electrons. The lowest BCUT2D eigenvalue weighted by atomic mass is 9.50. The first-order valence-corrected chi connectivity index (χ1v) is 16.2. The molecule has 0 saturated carbocycles. The lowest BCUT2D eigenvalue weighted by Gasteiger charge is -2.47. The molecule has 0 aromatic heterocycles. The standard InChI is InChI=1S/C30H44B2NO7P/c1-9-13-30(31,32)17-21-15-24-26(22-14-19(5)11-12-23(22)29(7,8)39-24)25(16-21)40-41(36,28(35)37-10-2)33-20(6)27(34)38-18(3)4/h14-16,18,20,22-23H,9-13,17H2,1-8H3,(H,33,36). The smallest absolute Gasteiger partial charge is 0.424 e. The van der Waals surface area contributed by atoms with E-state index in [0.29, 0.717) is 29.7 Å². The van der Waals surface area contributed by atoms with E-state index in [1.54, 1.807) is 26.8 Å². The summed E-state index contributed by atoms with van der Waals surface area (Å²) in [7, 11) is 8.34. The van der Waals surface area contributed by atoms with Crippen molar-refractivity contribution in [3.05, 3.63) is 34.9 Å². The SMILES string of the molecule is [B]C([B])(CCC)Cc1cc2c(c(OP(=O)(NC(C)C(=O)OC(C)C)C(=O)OCC)c1)C1C=C(C)CCC1C(C)(C)O2. The van der Waals surface area contributed by atoms with Crippen LogP contribution in [0.1, 0.15) is 98.1 Å². The van der Waals surface area contributed by atoms with Gasteiger partial charge < -0.3 is 18.7 Å². The summed E-state index contributed by atoms with van der Waals surface area (Å²) in [6, 6.07) is 2.52. The first-order valence-electron chi connectivity index (χ1n) is 14.6. The van der Waals surface area contributed by atoms with E-state index in [1.165, 1.54) is 12.5 Å². The molecule has 3 rings (SSSR count). The van der Waals surface area contributed by atoms with Gasteiger partial charge in [0.1, 0.15) is 23.1 Å². The molecule has 4 atom stereocenters. The van der Waals surface area contributed by atoms with Crippen molar-refractivity contribution >= 4 is 34.9 Å². The molecule has 0 saturated heterocycles. The van der Waals surface area contributed by atoms with Crippen LogP contribution in [0.5, 0.6) is 11.5 Å². The predicted molar refractivity (Wildman–Crippen MR) is 162 cm³/mol. The second kappa shape index (κ2) is 13.0. The molecule has 1 aromatic rings. The van der Waals surface area contributed by atoms with Gasteiger partial charge in [0, 0.05) is 17.4 Å². The molecule has 0 amide bonds. The van der Waals surface area contributed by atoms with E-state index in [4.69, 9.17) is 34.4 Å². The molecule has 0 bridgehead atoms. The van der Waals surface area contributed by atoms with Crippen LogP contribution < -0.4 is 14.3 Å². The summed E-state index contributed by atoms with van der Waals surface area (Å²) in [6.07, 6.45) is 5.32. The Balaban J connectivity index is 2.17. The maximum absolute atomic E-state index is 14.3. The highest BCUT2D eigenvalue weighted by Crippen LogP contribution is 2.57. The zero-order valence-electron chi connectivity index (χ0n) is 25.7. The van der Waals surface area contributed by atoms with Crippen LogP contribution in [0.15, 0.2) is 23.8 Å². The number of carbonyl (C=O) groups is 2. The van der Waals surface area contributed by atoms with Crippen molar-refractivity contribution in [1.29, 1.82) is 0 Å². The predicted octanol–water partition coefficient (Wildman–Crippen LogP) is 6.75. The minimum absolute atomic E-state index is 0.0271. The molecular formula is C30H44B2NO7P. The van der Waals surface area contributed by atoms with Gasteiger partial charge in [0.05, 0.1) is 28.4 Å². The Morgan fingerprint density at radius 1 is 1.22 bits per heavy atom. The summed E-state index contributed by atoms with van der Waals surface area (Å²) in [6.45, 7) is 14.7. The van der Waals surface area contributed by atoms with Crippen LogP contribution in [0.25, 0.3) is 0 Å². The summed E-state index contributed by atoms with van der Waals surface area (Å²) in [5.41, 5.74) is 1.05. The molecule has 11 heteroatoms. The zero-order chi connectivity index (χ0) is 30.8. The van der Waals surface area contributed by atoms with Gasteiger partial charge in [-0.15, -0.1) is 0 Å². The van der Waals surface area contributed by atoms with E-state index < -0.39 is 42.2 Å². The van der Waals surface area contributed by atoms with Gasteiger partial charge in [0.15, 0.2) is 0 Å². The third-order valence-electron chi connectivity index (χ3n) is 7.56. The molecule has 0 fully saturated rings. The van der Waals surface area contributed by atoms with Gasteiger partial charge in [-0.3, -0.25) is 4.79 Å². The highest BCUT2D eigenvalue weighted by molar-refractivity contribution is 7.74. The second-order valence-corrected chi connectivity index (χ2v) is 14.1. The highest BCUT2D eigenvalue weighted by atomic mass is 31.2. The Hall–Kier alpha value is -2.18. The van der Waals surface area contributed by atoms with Crippen LogP contribution in [-0.2, 0) is 25.3 Å². The minimum atomic E-state index is -4.48. The minimum Gasteiger partial charge on any atom is -0.487 e. The Labute approximate surface area is 248 Å². The van der Waals surface area contributed by atoms with Crippen LogP contribution in [0.2, 0.25) is 5.21 Å².